The average molecular weight is 480 g/mol. The van der Waals surface area contributed by atoms with Crippen molar-refractivity contribution >= 4 is 5.97 Å². The van der Waals surface area contributed by atoms with Gasteiger partial charge in [0.05, 0.1) is 6.61 Å². The Kier molecular flexibility index (Phi) is 10.8. The van der Waals surface area contributed by atoms with Crippen molar-refractivity contribution in [2.24, 2.45) is 5.92 Å². The summed E-state index contributed by atoms with van der Waals surface area (Å²) in [5.41, 5.74) is 3.50. The SMILES string of the molecule is CCOC(=O)CCCCCCCCN1CCC(C(O)(c2ccc(C)cc2)c2ccc(C)cc2)CC1. The van der Waals surface area contributed by atoms with Crippen molar-refractivity contribution < 1.29 is 14.6 Å². The molecule has 0 amide bonds. The number of nitrogens with zero attached hydrogens (tertiary/aromatic N) is 1. The molecule has 0 saturated carbocycles. The minimum Gasteiger partial charge on any atom is -0.466 e. The number of carbonyl (C=O) groups is 1. The average Bonchev–Trinajstić information content (AvgIpc) is 2.86. The molecule has 1 saturated heterocycles. The summed E-state index contributed by atoms with van der Waals surface area (Å²) in [4.78, 5) is 14.0. The topological polar surface area (TPSA) is 49.8 Å². The highest BCUT2D eigenvalue weighted by Crippen LogP contribution is 2.42. The summed E-state index contributed by atoms with van der Waals surface area (Å²) < 4.78 is 4.98. The Labute approximate surface area is 212 Å². The van der Waals surface area contributed by atoms with Crippen LogP contribution in [0.1, 0.15) is 87.0 Å². The summed E-state index contributed by atoms with van der Waals surface area (Å²) in [6.07, 6.45) is 9.52. The fourth-order valence-electron chi connectivity index (χ4n) is 5.37. The van der Waals surface area contributed by atoms with E-state index < -0.39 is 5.60 Å². The van der Waals surface area contributed by atoms with Crippen molar-refractivity contribution in [3.63, 3.8) is 0 Å². The fourth-order valence-corrected chi connectivity index (χ4v) is 5.37. The van der Waals surface area contributed by atoms with Crippen molar-refractivity contribution in [1.29, 1.82) is 0 Å². The standard InChI is InChI=1S/C31H45NO3/c1-4-35-30(33)11-9-7-5-6-8-10-22-32-23-20-29(21-24-32)31(34,27-16-12-25(2)13-17-27)28-18-14-26(3)15-19-28/h12-19,29,34H,4-11,20-24H2,1-3H3. The number of hydrogen-bond donors (Lipinski definition) is 1. The van der Waals surface area contributed by atoms with E-state index in [1.807, 2.05) is 6.92 Å². The van der Waals surface area contributed by atoms with Gasteiger partial charge in [-0.15, -0.1) is 0 Å². The van der Waals surface area contributed by atoms with Crippen molar-refractivity contribution in [1.82, 2.24) is 4.90 Å². The van der Waals surface area contributed by atoms with Gasteiger partial charge in [-0.25, -0.2) is 0 Å². The second-order valence-corrected chi connectivity index (χ2v) is 10.3. The van der Waals surface area contributed by atoms with E-state index in [1.54, 1.807) is 0 Å². The van der Waals surface area contributed by atoms with Gasteiger partial charge in [-0.3, -0.25) is 4.79 Å². The first-order valence-electron chi connectivity index (χ1n) is 13.7. The van der Waals surface area contributed by atoms with E-state index in [0.717, 1.165) is 56.4 Å². The van der Waals surface area contributed by atoms with Crippen LogP contribution in [0.4, 0.5) is 0 Å². The third-order valence-corrected chi connectivity index (χ3v) is 7.57. The second kappa shape index (κ2) is 13.8. The predicted molar refractivity (Wildman–Crippen MR) is 143 cm³/mol. The van der Waals surface area contributed by atoms with E-state index in [9.17, 15) is 9.90 Å². The molecule has 0 atom stereocenters. The molecule has 35 heavy (non-hydrogen) atoms. The number of benzene rings is 2. The third-order valence-electron chi connectivity index (χ3n) is 7.57. The van der Waals surface area contributed by atoms with Gasteiger partial charge in [0.15, 0.2) is 0 Å². The lowest BCUT2D eigenvalue weighted by Crippen LogP contribution is -2.44. The van der Waals surface area contributed by atoms with Crippen LogP contribution in [0.2, 0.25) is 0 Å². The second-order valence-electron chi connectivity index (χ2n) is 10.3. The van der Waals surface area contributed by atoms with E-state index in [1.165, 1.54) is 36.8 Å². The molecular weight excluding hydrogens is 434 g/mol. The van der Waals surface area contributed by atoms with Crippen molar-refractivity contribution in [3.05, 3.63) is 70.8 Å². The van der Waals surface area contributed by atoms with E-state index in [4.69, 9.17) is 4.74 Å². The lowest BCUT2D eigenvalue weighted by Gasteiger charge is -2.42. The van der Waals surface area contributed by atoms with Crippen LogP contribution in [0.3, 0.4) is 0 Å². The van der Waals surface area contributed by atoms with Crippen molar-refractivity contribution in [2.75, 3.05) is 26.2 Å². The molecule has 4 nitrogen and oxygen atoms in total. The molecule has 192 valence electrons. The van der Waals surface area contributed by atoms with Gasteiger partial charge in [-0.1, -0.05) is 85.3 Å². The zero-order chi connectivity index (χ0) is 25.1. The quantitative estimate of drug-likeness (QED) is 0.262. The molecule has 0 aliphatic carbocycles. The number of carbonyl (C=O) groups excluding carboxylic acids is 1. The normalized spacial score (nSPS) is 15.3. The minimum absolute atomic E-state index is 0.0624. The number of rotatable bonds is 13. The molecular formula is C31H45NO3. The van der Waals surface area contributed by atoms with Gasteiger partial charge in [0, 0.05) is 6.42 Å². The van der Waals surface area contributed by atoms with Gasteiger partial charge < -0.3 is 14.7 Å². The smallest absolute Gasteiger partial charge is 0.305 e. The molecule has 1 aliphatic rings. The Bertz CT molecular complexity index is 837. The number of likely N-dealkylation sites (tertiary alicyclic amines) is 1. The number of piperidine rings is 1. The van der Waals surface area contributed by atoms with Crippen LogP contribution >= 0.6 is 0 Å². The third kappa shape index (κ3) is 7.91. The van der Waals surface area contributed by atoms with Gasteiger partial charge in [0.1, 0.15) is 5.60 Å². The first kappa shape index (κ1) is 27.4. The maximum absolute atomic E-state index is 12.2. The monoisotopic (exact) mass is 479 g/mol. The summed E-state index contributed by atoms with van der Waals surface area (Å²) in [5, 5.41) is 12.2. The van der Waals surface area contributed by atoms with E-state index in [-0.39, 0.29) is 11.9 Å². The molecule has 1 heterocycles. The Hall–Kier alpha value is -2.17. The van der Waals surface area contributed by atoms with Crippen molar-refractivity contribution in [2.45, 2.75) is 84.2 Å². The lowest BCUT2D eigenvalue weighted by molar-refractivity contribution is -0.143. The first-order valence-corrected chi connectivity index (χ1v) is 13.7. The Balaban J connectivity index is 1.45. The number of esters is 1. The molecule has 4 heteroatoms. The lowest BCUT2D eigenvalue weighted by atomic mass is 9.72. The molecule has 0 aromatic heterocycles. The Morgan fingerprint density at radius 2 is 1.34 bits per heavy atom. The molecule has 0 radical (unpaired) electrons. The summed E-state index contributed by atoms with van der Waals surface area (Å²) in [5.74, 6) is 0.149. The largest absolute Gasteiger partial charge is 0.466 e. The fraction of sp³-hybridized carbons (Fsp3) is 0.581. The summed E-state index contributed by atoms with van der Waals surface area (Å²) >= 11 is 0. The van der Waals surface area contributed by atoms with E-state index >= 15 is 0 Å². The van der Waals surface area contributed by atoms with Crippen LogP contribution in [0.5, 0.6) is 0 Å². The molecule has 0 unspecified atom stereocenters. The molecule has 1 N–H and O–H groups in total. The Morgan fingerprint density at radius 3 is 1.86 bits per heavy atom. The van der Waals surface area contributed by atoms with E-state index in [0.29, 0.717) is 13.0 Å². The van der Waals surface area contributed by atoms with E-state index in [2.05, 4.69) is 67.3 Å². The highest BCUT2D eigenvalue weighted by Gasteiger charge is 2.41. The molecule has 2 aromatic carbocycles. The van der Waals surface area contributed by atoms with Crippen LogP contribution in [-0.2, 0) is 15.1 Å². The molecule has 1 aliphatic heterocycles. The molecule has 0 spiro atoms. The number of unbranched alkanes of at least 4 members (excludes halogenated alkanes) is 5. The highest BCUT2D eigenvalue weighted by atomic mass is 16.5. The zero-order valence-electron chi connectivity index (χ0n) is 22.1. The predicted octanol–water partition coefficient (Wildman–Crippen LogP) is 6.55. The summed E-state index contributed by atoms with van der Waals surface area (Å²) in [6.45, 7) is 9.76. The summed E-state index contributed by atoms with van der Waals surface area (Å²) in [7, 11) is 0. The zero-order valence-corrected chi connectivity index (χ0v) is 22.1. The number of hydrogen-bond acceptors (Lipinski definition) is 4. The maximum Gasteiger partial charge on any atom is 0.305 e. The van der Waals surface area contributed by atoms with Crippen LogP contribution in [-0.4, -0.2) is 42.2 Å². The van der Waals surface area contributed by atoms with Gasteiger partial charge >= 0.3 is 5.97 Å². The first-order chi connectivity index (χ1) is 16.9. The highest BCUT2D eigenvalue weighted by molar-refractivity contribution is 5.69. The molecule has 2 aromatic rings. The van der Waals surface area contributed by atoms with Gasteiger partial charge in [0.25, 0.3) is 0 Å². The molecule has 3 rings (SSSR count). The van der Waals surface area contributed by atoms with Crippen molar-refractivity contribution in [3.8, 4) is 0 Å². The summed E-state index contributed by atoms with van der Waals surface area (Å²) in [6, 6.07) is 16.9. The van der Waals surface area contributed by atoms with Crippen LogP contribution in [0.25, 0.3) is 0 Å². The molecule has 1 fully saturated rings. The Morgan fingerprint density at radius 1 is 0.857 bits per heavy atom. The van der Waals surface area contributed by atoms with Crippen LogP contribution in [0.15, 0.2) is 48.5 Å². The molecule has 0 bridgehead atoms. The number of aliphatic hydroxyl groups is 1. The van der Waals surface area contributed by atoms with Gasteiger partial charge in [-0.05, 0) is 83.1 Å². The van der Waals surface area contributed by atoms with Gasteiger partial charge in [0.2, 0.25) is 0 Å². The maximum atomic E-state index is 12.2. The van der Waals surface area contributed by atoms with Gasteiger partial charge in [-0.2, -0.15) is 0 Å². The number of aryl methyl sites for hydroxylation is 2. The van der Waals surface area contributed by atoms with Crippen LogP contribution < -0.4 is 0 Å². The minimum atomic E-state index is -0.947. The van der Waals surface area contributed by atoms with Crippen LogP contribution in [0, 0.1) is 19.8 Å². The number of ether oxygens (including phenoxy) is 1.